The Labute approximate surface area is 84.4 Å². The predicted octanol–water partition coefficient (Wildman–Crippen LogP) is 0.675. The molecule has 0 aromatic rings. The Morgan fingerprint density at radius 1 is 1.50 bits per heavy atom. The van der Waals surface area contributed by atoms with Gasteiger partial charge in [-0.05, 0) is 5.41 Å². The van der Waals surface area contributed by atoms with E-state index < -0.39 is 0 Å². The summed E-state index contributed by atoms with van der Waals surface area (Å²) >= 11 is 0. The van der Waals surface area contributed by atoms with Gasteiger partial charge in [-0.15, -0.1) is 0 Å². The van der Waals surface area contributed by atoms with E-state index in [-0.39, 0.29) is 17.2 Å². The van der Waals surface area contributed by atoms with Gasteiger partial charge in [0, 0.05) is 19.4 Å². The lowest BCUT2D eigenvalue weighted by molar-refractivity contribution is -0.122. The van der Waals surface area contributed by atoms with E-state index in [1.807, 2.05) is 20.8 Å². The van der Waals surface area contributed by atoms with Crippen LogP contribution in [0.15, 0.2) is 5.16 Å². The molecule has 0 spiro atoms. The fourth-order valence-electron chi connectivity index (χ4n) is 0.924. The maximum Gasteiger partial charge on any atom is 0.220 e. The summed E-state index contributed by atoms with van der Waals surface area (Å²) in [5.74, 6) is 0.115. The molecular weight excluding hydrogens is 182 g/mol. The first-order valence-electron chi connectivity index (χ1n) is 4.58. The minimum atomic E-state index is -0.0132. The van der Waals surface area contributed by atoms with Gasteiger partial charge in [0.15, 0.2) is 0 Å². The number of nitrogens with zero attached hydrogens (tertiary/aromatic N) is 1. The Hall–Kier alpha value is -1.26. The zero-order valence-electron chi connectivity index (χ0n) is 9.00. The van der Waals surface area contributed by atoms with Gasteiger partial charge in [-0.1, -0.05) is 25.9 Å². The van der Waals surface area contributed by atoms with Crippen molar-refractivity contribution in [3.8, 4) is 0 Å². The molecule has 4 N–H and O–H groups in total. The van der Waals surface area contributed by atoms with Gasteiger partial charge in [0.25, 0.3) is 0 Å². The summed E-state index contributed by atoms with van der Waals surface area (Å²) in [6.45, 7) is 6.40. The lowest BCUT2D eigenvalue weighted by atomic mass is 9.92. The average Bonchev–Trinajstić information content (AvgIpc) is 2.00. The van der Waals surface area contributed by atoms with Crippen LogP contribution < -0.4 is 11.1 Å². The molecule has 0 aromatic heterocycles. The lowest BCUT2D eigenvalue weighted by Gasteiger charge is -2.17. The van der Waals surface area contributed by atoms with Gasteiger partial charge in [0.1, 0.15) is 5.84 Å². The lowest BCUT2D eigenvalue weighted by Crippen LogP contribution is -2.30. The van der Waals surface area contributed by atoms with Gasteiger partial charge in [0.05, 0.1) is 0 Å². The van der Waals surface area contributed by atoms with E-state index in [4.69, 9.17) is 10.9 Å². The second-order valence-electron chi connectivity index (χ2n) is 4.43. The highest BCUT2D eigenvalue weighted by Gasteiger charge is 2.15. The minimum absolute atomic E-state index is 0.0109. The van der Waals surface area contributed by atoms with Crippen molar-refractivity contribution in [2.45, 2.75) is 33.6 Å². The number of hydrogen-bond acceptors (Lipinski definition) is 3. The molecular formula is C9H19N3O2. The third-order valence-corrected chi connectivity index (χ3v) is 1.52. The molecule has 5 heteroatoms. The number of oxime groups is 1. The molecule has 5 nitrogen and oxygen atoms in total. The normalized spacial score (nSPS) is 12.6. The summed E-state index contributed by atoms with van der Waals surface area (Å²) in [5, 5.41) is 13.7. The van der Waals surface area contributed by atoms with Gasteiger partial charge >= 0.3 is 0 Å². The van der Waals surface area contributed by atoms with Gasteiger partial charge in [0.2, 0.25) is 5.91 Å². The standard InChI is InChI=1S/C9H19N3O2/c1-9(2,3)6-8(13)11-5-4-7(10)12-14/h14H,4-6H2,1-3H3,(H2,10,12)(H,11,13). The molecule has 0 bridgehead atoms. The number of amidine groups is 1. The number of rotatable bonds is 4. The van der Waals surface area contributed by atoms with E-state index in [1.165, 1.54) is 0 Å². The SMILES string of the molecule is CC(C)(C)CC(=O)NCCC(N)=NO. The van der Waals surface area contributed by atoms with Crippen LogP contribution in [0.5, 0.6) is 0 Å². The van der Waals surface area contributed by atoms with Gasteiger partial charge < -0.3 is 16.3 Å². The van der Waals surface area contributed by atoms with Crippen LogP contribution in [0.2, 0.25) is 0 Å². The zero-order chi connectivity index (χ0) is 11.2. The number of carbonyl (C=O) groups excluding carboxylic acids is 1. The third kappa shape index (κ3) is 7.39. The van der Waals surface area contributed by atoms with Crippen LogP contribution in [-0.4, -0.2) is 23.5 Å². The van der Waals surface area contributed by atoms with Crippen LogP contribution in [0, 0.1) is 5.41 Å². The summed E-state index contributed by atoms with van der Waals surface area (Å²) in [6.07, 6.45) is 0.843. The van der Waals surface area contributed by atoms with E-state index in [1.54, 1.807) is 0 Å². The van der Waals surface area contributed by atoms with Crippen molar-refractivity contribution in [2.24, 2.45) is 16.3 Å². The fourth-order valence-corrected chi connectivity index (χ4v) is 0.924. The van der Waals surface area contributed by atoms with Gasteiger partial charge in [-0.25, -0.2) is 0 Å². The number of amides is 1. The van der Waals surface area contributed by atoms with Crippen molar-refractivity contribution in [3.05, 3.63) is 0 Å². The Morgan fingerprint density at radius 2 is 2.07 bits per heavy atom. The molecule has 0 fully saturated rings. The van der Waals surface area contributed by atoms with E-state index >= 15 is 0 Å². The van der Waals surface area contributed by atoms with E-state index in [9.17, 15) is 4.79 Å². The molecule has 0 aliphatic heterocycles. The van der Waals surface area contributed by atoms with Crippen molar-refractivity contribution >= 4 is 11.7 Å². The molecule has 0 atom stereocenters. The summed E-state index contributed by atoms with van der Waals surface area (Å²) in [7, 11) is 0. The first-order valence-corrected chi connectivity index (χ1v) is 4.58. The Morgan fingerprint density at radius 3 is 2.50 bits per heavy atom. The molecule has 0 aliphatic rings. The molecule has 1 amide bonds. The molecule has 0 heterocycles. The minimum Gasteiger partial charge on any atom is -0.409 e. The number of hydrogen-bond donors (Lipinski definition) is 3. The monoisotopic (exact) mass is 201 g/mol. The maximum atomic E-state index is 11.3. The second-order valence-corrected chi connectivity index (χ2v) is 4.43. The summed E-state index contributed by atoms with van der Waals surface area (Å²) in [6, 6.07) is 0. The van der Waals surface area contributed by atoms with Crippen LogP contribution in [0.1, 0.15) is 33.6 Å². The number of carbonyl (C=O) groups is 1. The quantitative estimate of drug-likeness (QED) is 0.270. The molecule has 82 valence electrons. The molecule has 0 aromatic carbocycles. The summed E-state index contributed by atoms with van der Waals surface area (Å²) < 4.78 is 0. The van der Waals surface area contributed by atoms with E-state index in [0.29, 0.717) is 19.4 Å². The summed E-state index contributed by atoms with van der Waals surface area (Å²) in [4.78, 5) is 11.3. The van der Waals surface area contributed by atoms with Crippen molar-refractivity contribution in [1.82, 2.24) is 5.32 Å². The van der Waals surface area contributed by atoms with Crippen LogP contribution in [-0.2, 0) is 4.79 Å². The highest BCUT2D eigenvalue weighted by Crippen LogP contribution is 2.17. The largest absolute Gasteiger partial charge is 0.409 e. The van der Waals surface area contributed by atoms with Crippen LogP contribution in [0.4, 0.5) is 0 Å². The maximum absolute atomic E-state index is 11.3. The molecule has 0 rings (SSSR count). The average molecular weight is 201 g/mol. The molecule has 0 aliphatic carbocycles. The van der Waals surface area contributed by atoms with Crippen LogP contribution >= 0.6 is 0 Å². The Kier molecular flexibility index (Phi) is 4.97. The first kappa shape index (κ1) is 12.7. The molecule has 0 unspecified atom stereocenters. The van der Waals surface area contributed by atoms with E-state index in [2.05, 4.69) is 10.5 Å². The highest BCUT2D eigenvalue weighted by molar-refractivity contribution is 5.81. The fraction of sp³-hybridized carbons (Fsp3) is 0.778. The topological polar surface area (TPSA) is 87.7 Å². The zero-order valence-corrected chi connectivity index (χ0v) is 9.00. The first-order chi connectivity index (χ1) is 6.35. The van der Waals surface area contributed by atoms with Crippen molar-refractivity contribution < 1.29 is 10.0 Å². The Bertz CT molecular complexity index is 219. The van der Waals surface area contributed by atoms with Crippen molar-refractivity contribution in [3.63, 3.8) is 0 Å². The number of nitrogens with two attached hydrogens (primary N) is 1. The molecule has 0 radical (unpaired) electrons. The van der Waals surface area contributed by atoms with Crippen LogP contribution in [0.25, 0.3) is 0 Å². The highest BCUT2D eigenvalue weighted by atomic mass is 16.4. The molecule has 14 heavy (non-hydrogen) atoms. The Balaban J connectivity index is 3.66. The predicted molar refractivity (Wildman–Crippen MR) is 55.1 cm³/mol. The van der Waals surface area contributed by atoms with Crippen molar-refractivity contribution in [2.75, 3.05) is 6.54 Å². The van der Waals surface area contributed by atoms with Crippen molar-refractivity contribution in [1.29, 1.82) is 0 Å². The smallest absolute Gasteiger partial charge is 0.220 e. The van der Waals surface area contributed by atoms with E-state index in [0.717, 1.165) is 0 Å². The third-order valence-electron chi connectivity index (χ3n) is 1.52. The van der Waals surface area contributed by atoms with Gasteiger partial charge in [-0.3, -0.25) is 4.79 Å². The summed E-state index contributed by atoms with van der Waals surface area (Å²) in [5.41, 5.74) is 5.22. The van der Waals surface area contributed by atoms with Gasteiger partial charge in [-0.2, -0.15) is 0 Å². The molecule has 0 saturated heterocycles. The second kappa shape index (κ2) is 5.47. The number of nitrogens with one attached hydrogen (secondary N) is 1. The molecule has 0 saturated carbocycles. The van der Waals surface area contributed by atoms with Crippen LogP contribution in [0.3, 0.4) is 0 Å².